The van der Waals surface area contributed by atoms with Crippen LogP contribution < -0.4 is 10.2 Å². The fraction of sp³-hybridized carbons (Fsp3) is 0.688. The Labute approximate surface area is 126 Å². The summed E-state index contributed by atoms with van der Waals surface area (Å²) >= 11 is 2.09. The van der Waals surface area contributed by atoms with E-state index >= 15 is 0 Å². The van der Waals surface area contributed by atoms with Crippen molar-refractivity contribution in [2.24, 2.45) is 0 Å². The molecular weight excluding hydrogens is 266 g/mol. The fourth-order valence-corrected chi connectivity index (χ4v) is 3.89. The van der Waals surface area contributed by atoms with Gasteiger partial charge in [0, 0.05) is 59.3 Å². The van der Waals surface area contributed by atoms with Gasteiger partial charge in [0.1, 0.15) is 0 Å². The molecule has 1 aliphatic heterocycles. The number of nitrogens with one attached hydrogen (secondary N) is 1. The minimum atomic E-state index is 0.593. The van der Waals surface area contributed by atoms with Crippen molar-refractivity contribution < 1.29 is 0 Å². The maximum atomic E-state index is 4.51. The van der Waals surface area contributed by atoms with E-state index in [1.165, 1.54) is 29.8 Å². The average Bonchev–Trinajstić information content (AvgIpc) is 3.25. The van der Waals surface area contributed by atoms with Gasteiger partial charge in [0.15, 0.2) is 0 Å². The van der Waals surface area contributed by atoms with E-state index in [1.807, 2.05) is 0 Å². The van der Waals surface area contributed by atoms with Crippen LogP contribution in [0.2, 0.25) is 0 Å². The first-order chi connectivity index (χ1) is 9.65. The molecule has 2 fully saturated rings. The highest BCUT2D eigenvalue weighted by Gasteiger charge is 2.27. The highest BCUT2D eigenvalue weighted by atomic mass is 32.2. The van der Waals surface area contributed by atoms with Crippen LogP contribution in [-0.4, -0.2) is 34.6 Å². The fourth-order valence-electron chi connectivity index (χ4n) is 2.79. The largest absolute Gasteiger partial charge is 0.367 e. The number of thioether (sulfide) groups is 1. The number of hydrogen-bond acceptors (Lipinski definition) is 4. The first-order valence-corrected chi connectivity index (χ1v) is 8.77. The van der Waals surface area contributed by atoms with E-state index in [2.05, 4.69) is 60.0 Å². The maximum Gasteiger partial charge on any atom is 0.0448 e. The van der Waals surface area contributed by atoms with Gasteiger partial charge < -0.3 is 10.2 Å². The van der Waals surface area contributed by atoms with Crippen LogP contribution >= 0.6 is 11.8 Å². The Bertz CT molecular complexity index is 473. The van der Waals surface area contributed by atoms with Gasteiger partial charge in [0.2, 0.25) is 0 Å². The molecule has 2 aliphatic rings. The van der Waals surface area contributed by atoms with Crippen LogP contribution in [0.3, 0.4) is 0 Å². The molecule has 1 saturated carbocycles. The zero-order chi connectivity index (χ0) is 14.1. The second-order valence-electron chi connectivity index (χ2n) is 6.12. The third kappa shape index (κ3) is 3.12. The number of aromatic nitrogens is 1. The molecule has 2 unspecified atom stereocenters. The molecule has 1 aromatic rings. The van der Waals surface area contributed by atoms with Crippen molar-refractivity contribution in [1.82, 2.24) is 10.3 Å². The molecule has 3 nitrogen and oxygen atoms in total. The van der Waals surface area contributed by atoms with Crippen molar-refractivity contribution in [1.29, 1.82) is 0 Å². The van der Waals surface area contributed by atoms with Crippen molar-refractivity contribution >= 4 is 17.4 Å². The van der Waals surface area contributed by atoms with Crippen LogP contribution in [-0.2, 0) is 6.54 Å². The van der Waals surface area contributed by atoms with Gasteiger partial charge in [0.25, 0.3) is 0 Å². The first-order valence-electron chi connectivity index (χ1n) is 7.72. The summed E-state index contributed by atoms with van der Waals surface area (Å²) in [5.74, 6) is 1.22. The van der Waals surface area contributed by atoms with E-state index in [4.69, 9.17) is 0 Å². The molecule has 0 bridgehead atoms. The topological polar surface area (TPSA) is 28.2 Å². The Hall–Kier alpha value is -0.740. The van der Waals surface area contributed by atoms with E-state index in [9.17, 15) is 0 Å². The second-order valence-corrected chi connectivity index (χ2v) is 7.60. The Kier molecular flexibility index (Phi) is 4.22. The highest BCUT2D eigenvalue weighted by molar-refractivity contribution is 8.00. The molecule has 20 heavy (non-hydrogen) atoms. The van der Waals surface area contributed by atoms with Crippen LogP contribution in [0.4, 0.5) is 5.69 Å². The van der Waals surface area contributed by atoms with Gasteiger partial charge in [-0.2, -0.15) is 11.8 Å². The predicted molar refractivity (Wildman–Crippen MR) is 87.6 cm³/mol. The zero-order valence-electron chi connectivity index (χ0n) is 12.7. The molecule has 2 atom stereocenters. The Morgan fingerprint density at radius 2 is 2.20 bits per heavy atom. The molecule has 0 spiro atoms. The van der Waals surface area contributed by atoms with E-state index < -0.39 is 0 Å². The summed E-state index contributed by atoms with van der Waals surface area (Å²) in [5.41, 5.74) is 3.87. The molecule has 110 valence electrons. The number of hydrogen-bond donors (Lipinski definition) is 1. The molecule has 4 heteroatoms. The lowest BCUT2D eigenvalue weighted by atomic mass is 10.1. The molecule has 1 N–H and O–H groups in total. The minimum absolute atomic E-state index is 0.593. The van der Waals surface area contributed by atoms with Crippen molar-refractivity contribution in [3.63, 3.8) is 0 Å². The summed E-state index contributed by atoms with van der Waals surface area (Å²) < 4.78 is 0. The van der Waals surface area contributed by atoms with Gasteiger partial charge in [-0.1, -0.05) is 6.92 Å². The number of anilines is 1. The van der Waals surface area contributed by atoms with Gasteiger partial charge >= 0.3 is 0 Å². The summed E-state index contributed by atoms with van der Waals surface area (Å²) in [6.45, 7) is 8.89. The van der Waals surface area contributed by atoms with E-state index in [1.54, 1.807) is 0 Å². The van der Waals surface area contributed by atoms with Crippen molar-refractivity contribution in [2.45, 2.75) is 57.5 Å². The SMILES string of the molecule is Cc1cc(N2CCSC(C)C2C)c(CNC2CC2)cn1. The molecule has 0 aromatic carbocycles. The third-order valence-electron chi connectivity index (χ3n) is 4.45. The van der Waals surface area contributed by atoms with Crippen LogP contribution in [0.25, 0.3) is 0 Å². The third-order valence-corrected chi connectivity index (χ3v) is 5.79. The van der Waals surface area contributed by atoms with Gasteiger partial charge in [-0.25, -0.2) is 0 Å². The van der Waals surface area contributed by atoms with E-state index in [0.29, 0.717) is 11.3 Å². The monoisotopic (exact) mass is 291 g/mol. The summed E-state index contributed by atoms with van der Waals surface area (Å²) in [6.07, 6.45) is 4.74. The first kappa shape index (κ1) is 14.2. The minimum Gasteiger partial charge on any atom is -0.367 e. The molecule has 1 aromatic heterocycles. The predicted octanol–water partition coefficient (Wildman–Crippen LogP) is 2.97. The Morgan fingerprint density at radius 1 is 1.40 bits per heavy atom. The van der Waals surface area contributed by atoms with Crippen molar-refractivity contribution in [3.05, 3.63) is 23.5 Å². The number of nitrogens with zero attached hydrogens (tertiary/aromatic N) is 2. The molecular formula is C16H25N3S. The summed E-state index contributed by atoms with van der Waals surface area (Å²) in [5, 5.41) is 4.32. The van der Waals surface area contributed by atoms with Gasteiger partial charge in [-0.3, -0.25) is 4.98 Å². The normalized spacial score (nSPS) is 26.9. The molecule has 1 aliphatic carbocycles. The van der Waals surface area contributed by atoms with E-state index in [-0.39, 0.29) is 0 Å². The van der Waals surface area contributed by atoms with Crippen LogP contribution in [0.15, 0.2) is 12.3 Å². The maximum absolute atomic E-state index is 4.51. The lowest BCUT2D eigenvalue weighted by Gasteiger charge is -2.40. The van der Waals surface area contributed by atoms with Crippen molar-refractivity contribution in [3.8, 4) is 0 Å². The summed E-state index contributed by atoms with van der Waals surface area (Å²) in [7, 11) is 0. The molecule has 3 rings (SSSR count). The van der Waals surface area contributed by atoms with Gasteiger partial charge in [0.05, 0.1) is 0 Å². The molecule has 0 radical (unpaired) electrons. The van der Waals surface area contributed by atoms with Crippen LogP contribution in [0, 0.1) is 6.92 Å². The van der Waals surface area contributed by atoms with Crippen molar-refractivity contribution in [2.75, 3.05) is 17.2 Å². The average molecular weight is 291 g/mol. The van der Waals surface area contributed by atoms with Crippen LogP contribution in [0.1, 0.15) is 37.9 Å². The second kappa shape index (κ2) is 5.94. The van der Waals surface area contributed by atoms with Gasteiger partial charge in [-0.05, 0) is 32.8 Å². The van der Waals surface area contributed by atoms with E-state index in [0.717, 1.165) is 24.8 Å². The summed E-state index contributed by atoms with van der Waals surface area (Å²) in [6, 6.07) is 3.61. The standard InChI is InChI=1S/C16H25N3S/c1-11-8-16(19-6-7-20-13(3)12(19)2)14(9-17-11)10-18-15-4-5-15/h8-9,12-13,15,18H,4-7,10H2,1-3H3. The number of aryl methyl sites for hydroxylation is 1. The molecule has 0 amide bonds. The Balaban J connectivity index is 1.83. The quantitative estimate of drug-likeness (QED) is 0.923. The summed E-state index contributed by atoms with van der Waals surface area (Å²) in [4.78, 5) is 7.09. The Morgan fingerprint density at radius 3 is 2.95 bits per heavy atom. The molecule has 2 heterocycles. The van der Waals surface area contributed by atoms with Gasteiger partial charge in [-0.15, -0.1) is 0 Å². The zero-order valence-corrected chi connectivity index (χ0v) is 13.5. The number of rotatable bonds is 4. The van der Waals surface area contributed by atoms with Crippen LogP contribution in [0.5, 0.6) is 0 Å². The highest BCUT2D eigenvalue weighted by Crippen LogP contribution is 2.32. The number of pyridine rings is 1. The smallest absolute Gasteiger partial charge is 0.0448 e. The molecule has 1 saturated heterocycles. The lowest BCUT2D eigenvalue weighted by Crippen LogP contribution is -2.45. The lowest BCUT2D eigenvalue weighted by molar-refractivity contribution is 0.617.